The molecule has 0 aliphatic heterocycles. The Hall–Kier alpha value is -0.366. The van der Waals surface area contributed by atoms with E-state index in [9.17, 15) is 4.79 Å². The highest BCUT2D eigenvalue weighted by atomic mass is 32.4. The molecular formula is C10H23O7SSi2-. The summed E-state index contributed by atoms with van der Waals surface area (Å²) in [4.78, 5) is 11.1. The van der Waals surface area contributed by atoms with Crippen LogP contribution in [0.1, 0.15) is 13.3 Å². The van der Waals surface area contributed by atoms with Crippen molar-refractivity contribution in [2.24, 2.45) is 0 Å². The van der Waals surface area contributed by atoms with Gasteiger partial charge in [0.05, 0.1) is 16.0 Å². The van der Waals surface area contributed by atoms with Crippen molar-refractivity contribution in [2.45, 2.75) is 19.4 Å². The summed E-state index contributed by atoms with van der Waals surface area (Å²) in [7, 11) is 0.677. The van der Waals surface area contributed by atoms with Gasteiger partial charge in [-0.15, -0.1) is 0 Å². The predicted octanol–water partition coefficient (Wildman–Crippen LogP) is -0.480. The smallest absolute Gasteiger partial charge is 0.500 e. The summed E-state index contributed by atoms with van der Waals surface area (Å²) in [6.45, 7) is 5.42. The van der Waals surface area contributed by atoms with Gasteiger partial charge in [0, 0.05) is 32.9 Å². The number of carbonyl (C=O) groups is 1. The molecule has 20 heavy (non-hydrogen) atoms. The summed E-state index contributed by atoms with van der Waals surface area (Å²) in [5, 5.41) is 0. The molecule has 7 nitrogen and oxygen atoms in total. The predicted molar refractivity (Wildman–Crippen MR) is 80.8 cm³/mol. The zero-order valence-electron chi connectivity index (χ0n) is 12.6. The van der Waals surface area contributed by atoms with E-state index >= 15 is 0 Å². The molecule has 0 aliphatic rings. The van der Waals surface area contributed by atoms with Gasteiger partial charge in [0.1, 0.15) is 0 Å². The van der Waals surface area contributed by atoms with E-state index in [1.807, 2.05) is 0 Å². The zero-order chi connectivity index (χ0) is 16.2. The molecule has 1 unspecified atom stereocenters. The highest BCUT2D eigenvalue weighted by Crippen LogP contribution is 2.14. The second-order valence-corrected chi connectivity index (χ2v) is 9.61. The lowest BCUT2D eigenvalue weighted by atomic mass is 10.4. The van der Waals surface area contributed by atoms with Crippen LogP contribution < -0.4 is 0 Å². The fourth-order valence-corrected chi connectivity index (χ4v) is 2.82. The molecule has 0 N–H and O–H groups in total. The van der Waals surface area contributed by atoms with Crippen molar-refractivity contribution in [3.63, 3.8) is 0 Å². The zero-order valence-corrected chi connectivity index (χ0v) is 16.4. The van der Waals surface area contributed by atoms with Gasteiger partial charge in [-0.1, -0.05) is 17.1 Å². The third-order valence-corrected chi connectivity index (χ3v) is 4.97. The van der Waals surface area contributed by atoms with Crippen molar-refractivity contribution >= 4 is 34.7 Å². The Morgan fingerprint density at radius 3 is 2.00 bits per heavy atom. The molecule has 0 aromatic carbocycles. The third-order valence-electron chi connectivity index (χ3n) is 2.14. The molecular weight excluding hydrogens is 320 g/mol. The molecule has 0 rings (SSSR count). The van der Waals surface area contributed by atoms with E-state index in [0.717, 1.165) is 0 Å². The van der Waals surface area contributed by atoms with E-state index in [4.69, 9.17) is 26.8 Å². The van der Waals surface area contributed by atoms with Crippen molar-refractivity contribution in [1.29, 1.82) is 0 Å². The molecule has 0 heterocycles. The first-order chi connectivity index (χ1) is 9.24. The van der Waals surface area contributed by atoms with Crippen LogP contribution in [0.4, 0.5) is 0 Å². The maximum absolute atomic E-state index is 11.1. The fraction of sp³-hybridized carbons (Fsp3) is 0.700. The number of esters is 1. The van der Waals surface area contributed by atoms with Gasteiger partial charge in [0.2, 0.25) is 0 Å². The summed E-state index contributed by atoms with van der Waals surface area (Å²) in [5.41, 5.74) is 0.397. The normalized spacial score (nSPS) is 12.2. The minimum Gasteiger partial charge on any atom is -0.778 e. The minimum absolute atomic E-state index is 0.265. The molecule has 1 atom stereocenters. The molecule has 120 valence electrons. The quantitative estimate of drug-likeness (QED) is 0.193. The third kappa shape index (κ3) is 11.5. The molecule has 0 bridgehead atoms. The Morgan fingerprint density at radius 1 is 1.30 bits per heavy atom. The van der Waals surface area contributed by atoms with Gasteiger partial charge in [-0.25, -0.2) is 4.79 Å². The highest BCUT2D eigenvalue weighted by molar-refractivity contribution is 8.01. The molecule has 10 heteroatoms. The molecule has 0 aromatic heterocycles. The van der Waals surface area contributed by atoms with Crippen molar-refractivity contribution in [2.75, 3.05) is 27.9 Å². The largest absolute Gasteiger partial charge is 0.778 e. The van der Waals surface area contributed by atoms with Gasteiger partial charge in [0.15, 0.2) is 0 Å². The van der Waals surface area contributed by atoms with Gasteiger partial charge < -0.3 is 22.6 Å². The minimum atomic E-state index is -2.53. The monoisotopic (exact) mass is 343 g/mol. The number of carbonyl (C=O) groups excluding carboxylic acids is 1. The summed E-state index contributed by atoms with van der Waals surface area (Å²) in [6.07, 6.45) is 0.640. The number of rotatable bonds is 8. The first-order valence-corrected chi connectivity index (χ1v) is 11.6. The van der Waals surface area contributed by atoms with E-state index < -0.39 is 19.3 Å². The lowest BCUT2D eigenvalue weighted by molar-refractivity contribution is -0.139. The van der Waals surface area contributed by atoms with E-state index in [1.165, 1.54) is 0 Å². The van der Waals surface area contributed by atoms with Crippen LogP contribution >= 0.6 is 0 Å². The summed E-state index contributed by atoms with van der Waals surface area (Å²) in [6, 6.07) is 0.611. The van der Waals surface area contributed by atoms with Gasteiger partial charge >= 0.3 is 14.8 Å². The highest BCUT2D eigenvalue weighted by Gasteiger charge is 2.36. The van der Waals surface area contributed by atoms with Crippen molar-refractivity contribution < 1.29 is 31.6 Å². The van der Waals surface area contributed by atoms with Crippen molar-refractivity contribution in [3.8, 4) is 0 Å². The molecule has 0 spiro atoms. The van der Waals surface area contributed by atoms with E-state index in [0.29, 0.717) is 24.6 Å². The standard InChI is InChI=1S/C10H20O5Si.H4O2SSi/c1-9(2)10(11)15-7-6-8-16(12-3,13-4)14-5;1-3(2)4/h1,6-8H2,2-5H3;4H3,(H,1,2)/p-1. The van der Waals surface area contributed by atoms with E-state index in [-0.39, 0.29) is 15.4 Å². The fourth-order valence-electron chi connectivity index (χ4n) is 1.13. The van der Waals surface area contributed by atoms with Crippen LogP contribution in [0.2, 0.25) is 6.04 Å². The lowest BCUT2D eigenvalue weighted by Gasteiger charge is -2.24. The Labute approximate surface area is 126 Å². The van der Waals surface area contributed by atoms with E-state index in [2.05, 4.69) is 6.58 Å². The van der Waals surface area contributed by atoms with Crippen LogP contribution in [0.25, 0.3) is 0 Å². The van der Waals surface area contributed by atoms with Crippen LogP contribution in [-0.4, -0.2) is 60.9 Å². The lowest BCUT2D eigenvalue weighted by Crippen LogP contribution is -2.42. The van der Waals surface area contributed by atoms with Crippen molar-refractivity contribution in [3.05, 3.63) is 12.2 Å². The number of hydrogen-bond acceptors (Lipinski definition) is 7. The van der Waals surface area contributed by atoms with Crippen LogP contribution in [0.3, 0.4) is 0 Å². The molecule has 0 fully saturated rings. The Morgan fingerprint density at radius 2 is 1.70 bits per heavy atom. The first kappa shape index (κ1) is 21.9. The van der Waals surface area contributed by atoms with E-state index in [1.54, 1.807) is 28.3 Å². The van der Waals surface area contributed by atoms with Gasteiger partial charge in [0.25, 0.3) is 0 Å². The second kappa shape index (κ2) is 12.4. The van der Waals surface area contributed by atoms with Crippen molar-refractivity contribution in [1.82, 2.24) is 0 Å². The Bertz CT molecular complexity index is 308. The van der Waals surface area contributed by atoms with Gasteiger partial charge in [-0.2, -0.15) is 0 Å². The Kier molecular flexibility index (Phi) is 13.6. The molecule has 0 radical (unpaired) electrons. The SMILES string of the molecule is C=C(C)C(=O)OCCC[Si](OC)(OC)OC.O=S([O-])[SiH3]. The summed E-state index contributed by atoms with van der Waals surface area (Å²) >= 11 is 0. The molecule has 0 aliphatic carbocycles. The first-order valence-electron chi connectivity index (χ1n) is 5.73. The van der Waals surface area contributed by atoms with Crippen LogP contribution in [-0.2, 0) is 33.3 Å². The Balaban J connectivity index is 0. The summed E-state index contributed by atoms with van der Waals surface area (Å²) < 4.78 is 38.8. The maximum atomic E-state index is 11.1. The number of hydrogen-bond donors (Lipinski definition) is 0. The topological polar surface area (TPSA) is 94.1 Å². The molecule has 0 saturated carbocycles. The number of ether oxygens (including phenoxy) is 1. The van der Waals surface area contributed by atoms with Gasteiger partial charge in [-0.05, 0) is 13.3 Å². The van der Waals surface area contributed by atoms with Crippen LogP contribution in [0.5, 0.6) is 0 Å². The van der Waals surface area contributed by atoms with Crippen LogP contribution in [0.15, 0.2) is 12.2 Å². The molecule has 0 saturated heterocycles. The van der Waals surface area contributed by atoms with Crippen LogP contribution in [0, 0.1) is 0 Å². The average Bonchev–Trinajstić information content (AvgIpc) is 2.39. The molecule has 0 aromatic rings. The van der Waals surface area contributed by atoms with Gasteiger partial charge in [-0.3, -0.25) is 4.21 Å². The summed E-state index contributed by atoms with van der Waals surface area (Å²) in [5.74, 6) is -0.375. The maximum Gasteiger partial charge on any atom is 0.500 e. The second-order valence-electron chi connectivity index (χ2n) is 3.72. The molecule has 0 amide bonds. The average molecular weight is 344 g/mol.